The number of carbonyl (C=O) groups is 3. The van der Waals surface area contributed by atoms with Crippen LogP contribution >= 0.6 is 0 Å². The number of ether oxygens (including phenoxy) is 3. The van der Waals surface area contributed by atoms with Gasteiger partial charge in [0.15, 0.2) is 12.7 Å². The van der Waals surface area contributed by atoms with E-state index in [1.54, 1.807) is 24.3 Å². The van der Waals surface area contributed by atoms with Crippen LogP contribution in [-0.4, -0.2) is 43.7 Å². The highest BCUT2D eigenvalue weighted by Crippen LogP contribution is 2.14. The second-order valence-electron chi connectivity index (χ2n) is 6.28. The van der Waals surface area contributed by atoms with Crippen LogP contribution in [0.15, 0.2) is 24.3 Å². The second kappa shape index (κ2) is 10.8. The van der Waals surface area contributed by atoms with Crippen molar-refractivity contribution < 1.29 is 28.6 Å². The smallest absolute Gasteiger partial charge is 0.347 e. The summed E-state index contributed by atoms with van der Waals surface area (Å²) in [6.07, 6.45) is -0.539. The number of nitrogens with one attached hydrogen (secondary N) is 1. The Balaban J connectivity index is 2.49. The summed E-state index contributed by atoms with van der Waals surface area (Å²) in [7, 11) is 1.24. The number of hydrogen-bond donors (Lipinski definition) is 1. The Morgan fingerprint density at radius 3 is 2.26 bits per heavy atom. The molecule has 0 heterocycles. The van der Waals surface area contributed by atoms with E-state index in [0.29, 0.717) is 17.7 Å². The number of nitriles is 1. The summed E-state index contributed by atoms with van der Waals surface area (Å²) in [6, 6.07) is 7.41. The van der Waals surface area contributed by atoms with E-state index < -0.39 is 36.6 Å². The van der Waals surface area contributed by atoms with E-state index in [4.69, 9.17) is 14.7 Å². The van der Waals surface area contributed by atoms with Gasteiger partial charge in [-0.2, -0.15) is 5.26 Å². The van der Waals surface area contributed by atoms with E-state index in [1.807, 2.05) is 19.9 Å². The van der Waals surface area contributed by atoms with Gasteiger partial charge in [-0.1, -0.05) is 13.8 Å². The van der Waals surface area contributed by atoms with Gasteiger partial charge in [-0.3, -0.25) is 4.79 Å². The first kappa shape index (κ1) is 22.0. The molecule has 27 heavy (non-hydrogen) atoms. The lowest BCUT2D eigenvalue weighted by Crippen LogP contribution is -2.44. The van der Waals surface area contributed by atoms with Crippen molar-refractivity contribution in [2.24, 2.45) is 5.92 Å². The minimum Gasteiger partial charge on any atom is -0.479 e. The lowest BCUT2D eigenvalue weighted by Gasteiger charge is -2.18. The van der Waals surface area contributed by atoms with Crippen LogP contribution in [0.5, 0.6) is 5.75 Å². The lowest BCUT2D eigenvalue weighted by molar-refractivity contribution is -0.155. The zero-order chi connectivity index (χ0) is 20.4. The predicted octanol–water partition coefficient (Wildman–Crippen LogP) is 1.57. The molecule has 146 valence electrons. The lowest BCUT2D eigenvalue weighted by atomic mass is 10.0. The maximum atomic E-state index is 12.0. The highest BCUT2D eigenvalue weighted by molar-refractivity contribution is 5.86. The molecule has 1 amide bonds. The molecule has 0 fully saturated rings. The first-order valence-corrected chi connectivity index (χ1v) is 8.47. The van der Waals surface area contributed by atoms with Gasteiger partial charge in [-0.15, -0.1) is 0 Å². The third-order valence-corrected chi connectivity index (χ3v) is 3.50. The molecule has 1 rings (SSSR count). The minimum atomic E-state index is -0.946. The molecule has 0 aliphatic rings. The Bertz CT molecular complexity index is 693. The zero-order valence-electron chi connectivity index (χ0n) is 15.9. The molecule has 1 aromatic rings. The third-order valence-electron chi connectivity index (χ3n) is 3.50. The number of esters is 2. The summed E-state index contributed by atoms with van der Waals surface area (Å²) in [5.74, 6) is -1.33. The van der Waals surface area contributed by atoms with Crippen LogP contribution in [0.25, 0.3) is 0 Å². The Morgan fingerprint density at radius 1 is 1.11 bits per heavy atom. The Labute approximate surface area is 158 Å². The number of amides is 1. The van der Waals surface area contributed by atoms with E-state index in [-0.39, 0.29) is 5.92 Å². The summed E-state index contributed by atoms with van der Waals surface area (Å²) in [5, 5.41) is 11.2. The third kappa shape index (κ3) is 7.77. The molecule has 0 spiro atoms. The molecule has 2 atom stereocenters. The van der Waals surface area contributed by atoms with Crippen LogP contribution in [0.4, 0.5) is 0 Å². The molecular formula is C19H24N2O6. The van der Waals surface area contributed by atoms with E-state index in [0.717, 1.165) is 0 Å². The van der Waals surface area contributed by atoms with Gasteiger partial charge >= 0.3 is 11.9 Å². The van der Waals surface area contributed by atoms with Gasteiger partial charge < -0.3 is 19.5 Å². The fraction of sp³-hybridized carbons (Fsp3) is 0.474. The summed E-state index contributed by atoms with van der Waals surface area (Å²) in [5.41, 5.74) is 0.468. The number of carbonyl (C=O) groups excluding carboxylic acids is 3. The van der Waals surface area contributed by atoms with Crippen molar-refractivity contribution in [2.45, 2.75) is 39.3 Å². The summed E-state index contributed by atoms with van der Waals surface area (Å²) < 4.78 is 15.0. The molecule has 0 aromatic heterocycles. The van der Waals surface area contributed by atoms with Crippen molar-refractivity contribution in [1.82, 2.24) is 5.32 Å². The van der Waals surface area contributed by atoms with Gasteiger partial charge in [-0.05, 0) is 43.5 Å². The highest BCUT2D eigenvalue weighted by atomic mass is 16.6. The molecule has 1 N–H and O–H groups in total. The number of hydrogen-bond acceptors (Lipinski definition) is 7. The monoisotopic (exact) mass is 376 g/mol. The number of methoxy groups -OCH3 is 1. The van der Waals surface area contributed by atoms with Crippen LogP contribution < -0.4 is 10.1 Å². The van der Waals surface area contributed by atoms with E-state index >= 15 is 0 Å². The Morgan fingerprint density at radius 2 is 1.74 bits per heavy atom. The van der Waals surface area contributed by atoms with Crippen molar-refractivity contribution in [3.8, 4) is 11.8 Å². The molecule has 1 aromatic carbocycles. The predicted molar refractivity (Wildman–Crippen MR) is 95.6 cm³/mol. The molecule has 0 saturated heterocycles. The second-order valence-corrected chi connectivity index (χ2v) is 6.28. The molecular weight excluding hydrogens is 352 g/mol. The van der Waals surface area contributed by atoms with Gasteiger partial charge in [-0.25, -0.2) is 9.59 Å². The van der Waals surface area contributed by atoms with Crippen molar-refractivity contribution in [2.75, 3.05) is 13.7 Å². The van der Waals surface area contributed by atoms with Gasteiger partial charge in [0.1, 0.15) is 11.8 Å². The van der Waals surface area contributed by atoms with Crippen LogP contribution in [0, 0.1) is 17.2 Å². The highest BCUT2D eigenvalue weighted by Gasteiger charge is 2.24. The molecule has 0 aliphatic heterocycles. The number of nitrogens with zero attached hydrogens (tertiary/aromatic N) is 1. The average Bonchev–Trinajstić information content (AvgIpc) is 2.65. The maximum Gasteiger partial charge on any atom is 0.347 e. The van der Waals surface area contributed by atoms with Crippen molar-refractivity contribution in [3.63, 3.8) is 0 Å². The molecule has 0 bridgehead atoms. The van der Waals surface area contributed by atoms with Gasteiger partial charge in [0.25, 0.3) is 5.91 Å². The van der Waals surface area contributed by atoms with Gasteiger partial charge in [0.2, 0.25) is 0 Å². The Hall–Kier alpha value is -3.08. The molecule has 0 aliphatic carbocycles. The fourth-order valence-corrected chi connectivity index (χ4v) is 2.18. The Kier molecular flexibility index (Phi) is 8.79. The molecule has 8 heteroatoms. The van der Waals surface area contributed by atoms with Crippen molar-refractivity contribution >= 4 is 17.8 Å². The van der Waals surface area contributed by atoms with Crippen LogP contribution in [0.3, 0.4) is 0 Å². The summed E-state index contributed by atoms with van der Waals surface area (Å²) in [6.45, 7) is 4.76. The van der Waals surface area contributed by atoms with Gasteiger partial charge in [0, 0.05) is 0 Å². The quantitative estimate of drug-likeness (QED) is 0.651. The van der Waals surface area contributed by atoms with Crippen LogP contribution in [-0.2, 0) is 23.9 Å². The van der Waals surface area contributed by atoms with Crippen LogP contribution in [0.1, 0.15) is 32.8 Å². The van der Waals surface area contributed by atoms with Crippen molar-refractivity contribution in [1.29, 1.82) is 5.26 Å². The first-order valence-electron chi connectivity index (χ1n) is 8.47. The van der Waals surface area contributed by atoms with Crippen molar-refractivity contribution in [3.05, 3.63) is 29.8 Å². The first-order chi connectivity index (χ1) is 12.8. The standard InChI is InChI=1S/C19H24N2O6/c1-12(2)9-16(19(24)25-4)21-17(22)11-26-18(23)13(3)27-15-7-5-14(10-20)6-8-15/h5-8,12-13,16H,9,11H2,1-4H3,(H,21,22)/t13-,16+/m1/s1. The SMILES string of the molecule is COC(=O)[C@H](CC(C)C)NC(=O)COC(=O)[C@@H](C)Oc1ccc(C#N)cc1. The largest absolute Gasteiger partial charge is 0.479 e. The normalized spacial score (nSPS) is 12.4. The fourth-order valence-electron chi connectivity index (χ4n) is 2.18. The zero-order valence-corrected chi connectivity index (χ0v) is 15.9. The van der Waals surface area contributed by atoms with Crippen LogP contribution in [0.2, 0.25) is 0 Å². The van der Waals surface area contributed by atoms with E-state index in [9.17, 15) is 14.4 Å². The molecule has 8 nitrogen and oxygen atoms in total. The summed E-state index contributed by atoms with van der Waals surface area (Å²) in [4.78, 5) is 35.6. The molecule has 0 unspecified atom stereocenters. The maximum absolute atomic E-state index is 12.0. The summed E-state index contributed by atoms with van der Waals surface area (Å²) >= 11 is 0. The average molecular weight is 376 g/mol. The molecule has 0 saturated carbocycles. The topological polar surface area (TPSA) is 115 Å². The number of benzene rings is 1. The minimum absolute atomic E-state index is 0.165. The number of rotatable bonds is 9. The van der Waals surface area contributed by atoms with E-state index in [1.165, 1.54) is 14.0 Å². The van der Waals surface area contributed by atoms with E-state index in [2.05, 4.69) is 10.1 Å². The molecule has 0 radical (unpaired) electrons. The van der Waals surface area contributed by atoms with Gasteiger partial charge in [0.05, 0.1) is 18.7 Å².